The molecule has 0 amide bonds. The minimum atomic E-state index is 0.767. The quantitative estimate of drug-likeness (QED) is 0.150. The largest absolute Gasteiger partial charge is 0.399 e. The van der Waals surface area contributed by atoms with E-state index in [1.165, 1.54) is 61.2 Å². The van der Waals surface area contributed by atoms with Gasteiger partial charge >= 0.3 is 0 Å². The molecule has 8 aromatic rings. The number of hydrogen-bond acceptors (Lipinski definition) is 2. The molecule has 0 bridgehead atoms. The van der Waals surface area contributed by atoms with Crippen molar-refractivity contribution < 1.29 is 0 Å². The van der Waals surface area contributed by atoms with Gasteiger partial charge in [0.2, 0.25) is 0 Å². The normalized spacial score (nSPS) is 12.8. The molecular formula is C54H45N3. The van der Waals surface area contributed by atoms with Crippen LogP contribution in [0.2, 0.25) is 0 Å². The summed E-state index contributed by atoms with van der Waals surface area (Å²) in [6, 6.07) is 63.0. The van der Waals surface area contributed by atoms with E-state index in [1.54, 1.807) is 0 Å². The number of benzene rings is 7. The Hall–Kier alpha value is -7.10. The van der Waals surface area contributed by atoms with Crippen LogP contribution < -0.4 is 10.6 Å². The van der Waals surface area contributed by atoms with E-state index < -0.39 is 0 Å². The van der Waals surface area contributed by atoms with Crippen LogP contribution in [-0.4, -0.2) is 4.57 Å². The fourth-order valence-corrected chi connectivity index (χ4v) is 8.21. The summed E-state index contributed by atoms with van der Waals surface area (Å²) >= 11 is 0. The van der Waals surface area contributed by atoms with E-state index in [1.807, 2.05) is 12.1 Å². The van der Waals surface area contributed by atoms with Gasteiger partial charge in [-0.3, -0.25) is 0 Å². The van der Waals surface area contributed by atoms with Gasteiger partial charge in [-0.1, -0.05) is 140 Å². The highest BCUT2D eigenvalue weighted by atomic mass is 15.1. The molecule has 0 saturated heterocycles. The van der Waals surface area contributed by atoms with Gasteiger partial charge in [-0.2, -0.15) is 0 Å². The Labute approximate surface area is 336 Å². The molecule has 57 heavy (non-hydrogen) atoms. The van der Waals surface area contributed by atoms with Crippen molar-refractivity contribution in [2.75, 3.05) is 10.6 Å². The molecule has 1 aliphatic rings. The van der Waals surface area contributed by atoms with E-state index in [-0.39, 0.29) is 0 Å². The maximum atomic E-state index is 5.99. The van der Waals surface area contributed by atoms with Crippen LogP contribution in [0.5, 0.6) is 0 Å². The number of para-hydroxylation sites is 1. The van der Waals surface area contributed by atoms with Gasteiger partial charge < -0.3 is 15.2 Å². The van der Waals surface area contributed by atoms with Gasteiger partial charge in [0.15, 0.2) is 0 Å². The first-order chi connectivity index (χ1) is 28.0. The van der Waals surface area contributed by atoms with Crippen molar-refractivity contribution in [3.63, 3.8) is 0 Å². The number of allylic oxidation sites excluding steroid dienone is 5. The zero-order valence-corrected chi connectivity index (χ0v) is 32.4. The lowest BCUT2D eigenvalue weighted by molar-refractivity contribution is 1.01. The van der Waals surface area contributed by atoms with Crippen molar-refractivity contribution in [2.24, 2.45) is 0 Å². The summed E-state index contributed by atoms with van der Waals surface area (Å²) in [5, 5.41) is 1.29. The van der Waals surface area contributed by atoms with E-state index in [4.69, 9.17) is 5.73 Å². The average Bonchev–Trinajstić information content (AvgIpc) is 3.55. The molecule has 0 fully saturated rings. The third-order valence-corrected chi connectivity index (χ3v) is 11.2. The topological polar surface area (TPSA) is 34.2 Å². The van der Waals surface area contributed by atoms with Crippen molar-refractivity contribution in [3.05, 3.63) is 211 Å². The lowest BCUT2D eigenvalue weighted by Crippen LogP contribution is -2.10. The second kappa shape index (κ2) is 15.6. The van der Waals surface area contributed by atoms with E-state index >= 15 is 0 Å². The molecule has 9 rings (SSSR count). The first-order valence-electron chi connectivity index (χ1n) is 19.8. The van der Waals surface area contributed by atoms with Gasteiger partial charge in [-0.25, -0.2) is 0 Å². The number of fused-ring (bicyclic) bond motifs is 1. The summed E-state index contributed by atoms with van der Waals surface area (Å²) in [4.78, 5) is 2.34. The molecular weight excluding hydrogens is 691 g/mol. The highest BCUT2D eigenvalue weighted by Gasteiger charge is 2.18. The van der Waals surface area contributed by atoms with Crippen LogP contribution in [0.1, 0.15) is 36.6 Å². The number of aromatic nitrogens is 1. The molecule has 0 atom stereocenters. The Morgan fingerprint density at radius 2 is 0.982 bits per heavy atom. The van der Waals surface area contributed by atoms with Crippen molar-refractivity contribution in [2.45, 2.75) is 26.7 Å². The van der Waals surface area contributed by atoms with Crippen molar-refractivity contribution in [1.29, 1.82) is 0 Å². The molecule has 1 heterocycles. The molecule has 3 heteroatoms. The number of nitrogens with zero attached hydrogens (tertiary/aromatic N) is 2. The Bertz CT molecular complexity index is 2750. The summed E-state index contributed by atoms with van der Waals surface area (Å²) in [5.74, 6) is 0. The number of anilines is 4. The molecule has 276 valence electrons. The van der Waals surface area contributed by atoms with Crippen LogP contribution in [0.4, 0.5) is 22.7 Å². The Kier molecular flexibility index (Phi) is 9.72. The fourth-order valence-electron chi connectivity index (χ4n) is 8.21. The van der Waals surface area contributed by atoms with Gasteiger partial charge in [0.25, 0.3) is 0 Å². The zero-order valence-electron chi connectivity index (χ0n) is 32.4. The zero-order chi connectivity index (χ0) is 38.7. The second-order valence-corrected chi connectivity index (χ2v) is 14.7. The van der Waals surface area contributed by atoms with Crippen LogP contribution in [0.3, 0.4) is 0 Å². The Balaban J connectivity index is 1.04. The maximum Gasteiger partial charge on any atom is 0.0537 e. The molecule has 0 saturated carbocycles. The standard InChI is InChI=1S/C54H45N3/c1-3-10-52-38(2)56(54-16-8-7-15-53(52)54)51-14-9-13-46(37-51)45-27-35-50(36-28-45)57(49-33-25-44(26-34-49)42-21-29-47(55)30-22-42)48-31-23-43(24-32-48)41-19-17-40(18-20-41)39-11-5-4-6-12-39/h3-8,10-12,14-37H,9,13,55H2,1-2H3/b10-3-. The highest BCUT2D eigenvalue weighted by molar-refractivity contribution is 5.95. The van der Waals surface area contributed by atoms with E-state index in [0.717, 1.165) is 46.7 Å². The van der Waals surface area contributed by atoms with Gasteiger partial charge in [-0.05, 0) is 132 Å². The molecule has 7 aromatic carbocycles. The van der Waals surface area contributed by atoms with Crippen LogP contribution in [0, 0.1) is 6.92 Å². The predicted octanol–water partition coefficient (Wildman–Crippen LogP) is 14.8. The third-order valence-electron chi connectivity index (χ3n) is 11.2. The Morgan fingerprint density at radius 1 is 0.526 bits per heavy atom. The SMILES string of the molecule is C/C=C\c1c(C)n(C2=CCCC(c3ccc(N(c4ccc(-c5ccc(N)cc5)cc4)c4ccc(-c5ccc(-c6ccccc6)cc5)cc4)cc3)=C2)c2ccccc12. The molecule has 0 aliphatic heterocycles. The number of rotatable bonds is 9. The maximum absolute atomic E-state index is 5.99. The van der Waals surface area contributed by atoms with Gasteiger partial charge in [0, 0.05) is 45.1 Å². The number of hydrogen-bond donors (Lipinski definition) is 1. The predicted molar refractivity (Wildman–Crippen MR) is 245 cm³/mol. The van der Waals surface area contributed by atoms with Crippen LogP contribution >= 0.6 is 0 Å². The molecule has 0 spiro atoms. The molecule has 1 aromatic heterocycles. The lowest BCUT2D eigenvalue weighted by Gasteiger charge is -2.26. The van der Waals surface area contributed by atoms with Crippen molar-refractivity contribution in [1.82, 2.24) is 4.57 Å². The van der Waals surface area contributed by atoms with E-state index in [2.05, 4.69) is 211 Å². The van der Waals surface area contributed by atoms with Crippen LogP contribution in [0.15, 0.2) is 194 Å². The molecule has 0 radical (unpaired) electrons. The molecule has 0 unspecified atom stereocenters. The van der Waals surface area contributed by atoms with Crippen LogP contribution in [-0.2, 0) is 0 Å². The Morgan fingerprint density at radius 3 is 1.53 bits per heavy atom. The minimum absolute atomic E-state index is 0.767. The van der Waals surface area contributed by atoms with Crippen molar-refractivity contribution >= 4 is 51.0 Å². The highest BCUT2D eigenvalue weighted by Crippen LogP contribution is 2.39. The minimum Gasteiger partial charge on any atom is -0.399 e. The van der Waals surface area contributed by atoms with Crippen LogP contribution in [0.25, 0.3) is 61.6 Å². The summed E-state index contributed by atoms with van der Waals surface area (Å²) < 4.78 is 2.43. The van der Waals surface area contributed by atoms with Gasteiger partial charge in [-0.15, -0.1) is 0 Å². The van der Waals surface area contributed by atoms with E-state index in [0.29, 0.717) is 0 Å². The first-order valence-corrected chi connectivity index (χ1v) is 19.8. The third kappa shape index (κ3) is 7.12. The van der Waals surface area contributed by atoms with Gasteiger partial charge in [0.05, 0.1) is 5.52 Å². The summed E-state index contributed by atoms with van der Waals surface area (Å²) in [5.41, 5.74) is 24.8. The monoisotopic (exact) mass is 735 g/mol. The summed E-state index contributed by atoms with van der Waals surface area (Å²) in [6.07, 6.45) is 11.1. The fraction of sp³-hybridized carbons (Fsp3) is 0.0741. The summed E-state index contributed by atoms with van der Waals surface area (Å²) in [6.45, 7) is 4.32. The summed E-state index contributed by atoms with van der Waals surface area (Å²) in [7, 11) is 0. The number of nitrogens with two attached hydrogens (primary N) is 1. The number of nitrogen functional groups attached to an aromatic ring is 1. The molecule has 3 nitrogen and oxygen atoms in total. The van der Waals surface area contributed by atoms with Crippen molar-refractivity contribution in [3.8, 4) is 33.4 Å². The second-order valence-electron chi connectivity index (χ2n) is 14.7. The van der Waals surface area contributed by atoms with Gasteiger partial charge in [0.1, 0.15) is 0 Å². The lowest BCUT2D eigenvalue weighted by atomic mass is 9.95. The first kappa shape index (κ1) is 35.6. The smallest absolute Gasteiger partial charge is 0.0537 e. The molecule has 2 N–H and O–H groups in total. The van der Waals surface area contributed by atoms with E-state index in [9.17, 15) is 0 Å². The average molecular weight is 736 g/mol. The molecule has 1 aliphatic carbocycles.